The van der Waals surface area contributed by atoms with Gasteiger partial charge in [-0.3, -0.25) is 4.79 Å². The number of nitrogens with one attached hydrogen (secondary N) is 1. The average Bonchev–Trinajstić information content (AvgIpc) is 2.61. The molecule has 126 valence electrons. The van der Waals surface area contributed by atoms with Crippen molar-refractivity contribution in [2.45, 2.75) is 38.6 Å². The number of para-hydroxylation sites is 1. The first-order valence-electron chi connectivity index (χ1n) is 9.02. The van der Waals surface area contributed by atoms with Gasteiger partial charge in [-0.15, -0.1) is 0 Å². The number of benzene rings is 1. The topological polar surface area (TPSA) is 34.0 Å². The van der Waals surface area contributed by atoms with Gasteiger partial charge in [-0.1, -0.05) is 31.5 Å². The van der Waals surface area contributed by atoms with Crippen molar-refractivity contribution in [3.8, 4) is 5.75 Å². The number of quaternary nitrogens is 1. The first-order valence-corrected chi connectivity index (χ1v) is 9.02. The summed E-state index contributed by atoms with van der Waals surface area (Å²) < 4.78 is 5.58. The van der Waals surface area contributed by atoms with E-state index in [2.05, 4.69) is 6.92 Å². The third kappa shape index (κ3) is 4.47. The van der Waals surface area contributed by atoms with E-state index in [1.54, 1.807) is 4.90 Å². The molecule has 0 radical (unpaired) electrons. The Morgan fingerprint density at radius 2 is 1.96 bits per heavy atom. The highest BCUT2D eigenvalue weighted by Gasteiger charge is 2.31. The molecule has 1 saturated heterocycles. The van der Waals surface area contributed by atoms with E-state index in [-0.39, 0.29) is 12.5 Å². The van der Waals surface area contributed by atoms with Crippen LogP contribution < -0.4 is 9.64 Å². The summed E-state index contributed by atoms with van der Waals surface area (Å²) >= 11 is 0. The second-order valence-corrected chi connectivity index (χ2v) is 7.11. The van der Waals surface area contributed by atoms with Crippen LogP contribution in [-0.2, 0) is 4.79 Å². The fourth-order valence-electron chi connectivity index (χ4n) is 4.01. The fraction of sp³-hybridized carbons (Fsp3) is 0.632. The minimum absolute atomic E-state index is 0.116. The Morgan fingerprint density at radius 1 is 1.22 bits per heavy atom. The molecule has 4 heteroatoms. The summed E-state index contributed by atoms with van der Waals surface area (Å²) in [7, 11) is 0. The predicted octanol–water partition coefficient (Wildman–Crippen LogP) is 1.37. The van der Waals surface area contributed by atoms with E-state index in [0.29, 0.717) is 0 Å². The van der Waals surface area contributed by atoms with E-state index < -0.39 is 0 Å². The van der Waals surface area contributed by atoms with Gasteiger partial charge in [-0.2, -0.15) is 0 Å². The normalized spacial score (nSPS) is 26.0. The zero-order valence-electron chi connectivity index (χ0n) is 14.2. The van der Waals surface area contributed by atoms with Crippen molar-refractivity contribution in [2.75, 3.05) is 32.8 Å². The van der Waals surface area contributed by atoms with Gasteiger partial charge in [-0.25, -0.2) is 0 Å². The third-order valence-electron chi connectivity index (χ3n) is 5.38. The third-order valence-corrected chi connectivity index (χ3v) is 5.38. The SMILES string of the molecule is C[C@H]1CCC[C@@H]([NH+]2CCN(C(=O)COc3ccccc3)CC2)C1. The summed E-state index contributed by atoms with van der Waals surface area (Å²) in [5, 5.41) is 0. The van der Waals surface area contributed by atoms with Crippen LogP contribution in [0.15, 0.2) is 30.3 Å². The summed E-state index contributed by atoms with van der Waals surface area (Å²) in [6.45, 7) is 6.46. The second kappa shape index (κ2) is 7.82. The highest BCUT2D eigenvalue weighted by Crippen LogP contribution is 2.22. The van der Waals surface area contributed by atoms with Crippen molar-refractivity contribution in [3.63, 3.8) is 0 Å². The molecule has 2 atom stereocenters. The zero-order chi connectivity index (χ0) is 16.1. The summed E-state index contributed by atoms with van der Waals surface area (Å²) in [6.07, 6.45) is 5.50. The maximum absolute atomic E-state index is 12.3. The quantitative estimate of drug-likeness (QED) is 0.910. The van der Waals surface area contributed by atoms with Gasteiger partial charge in [0.05, 0.1) is 32.2 Å². The Hall–Kier alpha value is -1.55. The Bertz CT molecular complexity index is 497. The molecule has 0 spiro atoms. The first-order chi connectivity index (χ1) is 11.2. The maximum Gasteiger partial charge on any atom is 0.260 e. The van der Waals surface area contributed by atoms with Crippen LogP contribution in [-0.4, -0.2) is 49.6 Å². The van der Waals surface area contributed by atoms with Crippen molar-refractivity contribution in [2.24, 2.45) is 5.92 Å². The Kier molecular flexibility index (Phi) is 5.55. The monoisotopic (exact) mass is 317 g/mol. The minimum atomic E-state index is 0.116. The molecule has 3 rings (SSSR count). The van der Waals surface area contributed by atoms with E-state index in [1.807, 2.05) is 35.2 Å². The number of hydrogen-bond acceptors (Lipinski definition) is 2. The lowest BCUT2D eigenvalue weighted by atomic mass is 9.86. The summed E-state index contributed by atoms with van der Waals surface area (Å²) in [5.41, 5.74) is 0. The van der Waals surface area contributed by atoms with E-state index in [1.165, 1.54) is 25.7 Å². The van der Waals surface area contributed by atoms with Gasteiger partial charge in [-0.05, 0) is 30.9 Å². The Labute approximate surface area is 139 Å². The highest BCUT2D eigenvalue weighted by atomic mass is 16.5. The number of ether oxygens (including phenoxy) is 1. The number of piperazine rings is 1. The molecule has 2 fully saturated rings. The average molecular weight is 317 g/mol. The molecule has 1 aromatic rings. The lowest BCUT2D eigenvalue weighted by Gasteiger charge is -2.39. The van der Waals surface area contributed by atoms with E-state index in [0.717, 1.165) is 43.9 Å². The van der Waals surface area contributed by atoms with Gasteiger partial charge >= 0.3 is 0 Å². The standard InChI is InChI=1S/C19H28N2O2/c1-16-6-5-7-17(14-16)20-10-12-21(13-11-20)19(22)15-23-18-8-3-2-4-9-18/h2-4,8-9,16-17H,5-7,10-15H2,1H3/p+1/t16-,17+/m0/s1. The molecular formula is C19H29N2O2+. The van der Waals surface area contributed by atoms with Crippen LogP contribution >= 0.6 is 0 Å². The zero-order valence-corrected chi connectivity index (χ0v) is 14.2. The first kappa shape index (κ1) is 16.3. The molecule has 1 amide bonds. The molecular weight excluding hydrogens is 288 g/mol. The van der Waals surface area contributed by atoms with Gasteiger partial charge < -0.3 is 14.5 Å². The van der Waals surface area contributed by atoms with Gasteiger partial charge in [0.25, 0.3) is 5.91 Å². The van der Waals surface area contributed by atoms with Crippen molar-refractivity contribution in [3.05, 3.63) is 30.3 Å². The van der Waals surface area contributed by atoms with E-state index in [4.69, 9.17) is 4.74 Å². The lowest BCUT2D eigenvalue weighted by molar-refractivity contribution is -0.930. The van der Waals surface area contributed by atoms with Crippen LogP contribution in [0.2, 0.25) is 0 Å². The van der Waals surface area contributed by atoms with Gasteiger partial charge in [0, 0.05) is 6.42 Å². The minimum Gasteiger partial charge on any atom is -0.484 e. The number of carbonyl (C=O) groups excluding carboxylic acids is 1. The van der Waals surface area contributed by atoms with E-state index >= 15 is 0 Å². The maximum atomic E-state index is 12.3. The van der Waals surface area contributed by atoms with E-state index in [9.17, 15) is 4.79 Å². The van der Waals surface area contributed by atoms with Crippen molar-refractivity contribution >= 4 is 5.91 Å². The van der Waals surface area contributed by atoms with Crippen molar-refractivity contribution < 1.29 is 14.4 Å². The molecule has 4 nitrogen and oxygen atoms in total. The second-order valence-electron chi connectivity index (χ2n) is 7.11. The lowest BCUT2D eigenvalue weighted by Crippen LogP contribution is -3.18. The molecule has 1 saturated carbocycles. The summed E-state index contributed by atoms with van der Waals surface area (Å²) in [6, 6.07) is 10.4. The van der Waals surface area contributed by atoms with Crippen LogP contribution in [0.3, 0.4) is 0 Å². The smallest absolute Gasteiger partial charge is 0.260 e. The molecule has 1 heterocycles. The van der Waals surface area contributed by atoms with Crippen molar-refractivity contribution in [1.82, 2.24) is 4.90 Å². The van der Waals surface area contributed by atoms with Crippen LogP contribution in [0.4, 0.5) is 0 Å². The number of carbonyl (C=O) groups is 1. The number of hydrogen-bond donors (Lipinski definition) is 1. The number of nitrogens with zero attached hydrogens (tertiary/aromatic N) is 1. The summed E-state index contributed by atoms with van der Waals surface area (Å²) in [4.78, 5) is 16.0. The fourth-order valence-corrected chi connectivity index (χ4v) is 4.01. The number of amides is 1. The van der Waals surface area contributed by atoms with Crippen LogP contribution in [0.1, 0.15) is 32.6 Å². The van der Waals surface area contributed by atoms with Gasteiger partial charge in [0.2, 0.25) is 0 Å². The number of rotatable bonds is 4. The molecule has 2 aliphatic rings. The van der Waals surface area contributed by atoms with Crippen LogP contribution in [0, 0.1) is 5.92 Å². The summed E-state index contributed by atoms with van der Waals surface area (Å²) in [5.74, 6) is 1.76. The highest BCUT2D eigenvalue weighted by molar-refractivity contribution is 5.77. The Morgan fingerprint density at radius 3 is 2.65 bits per heavy atom. The predicted molar refractivity (Wildman–Crippen MR) is 90.6 cm³/mol. The molecule has 0 bridgehead atoms. The molecule has 0 aromatic heterocycles. The molecule has 0 unspecified atom stereocenters. The molecule has 1 aromatic carbocycles. The molecule has 1 aliphatic heterocycles. The molecule has 23 heavy (non-hydrogen) atoms. The largest absolute Gasteiger partial charge is 0.484 e. The van der Waals surface area contributed by atoms with Crippen molar-refractivity contribution in [1.29, 1.82) is 0 Å². The molecule has 1 N–H and O–H groups in total. The Balaban J connectivity index is 1.42. The van der Waals surface area contributed by atoms with Gasteiger partial charge in [0.1, 0.15) is 5.75 Å². The van der Waals surface area contributed by atoms with Crippen LogP contribution in [0.5, 0.6) is 5.75 Å². The molecule has 1 aliphatic carbocycles. The van der Waals surface area contributed by atoms with Gasteiger partial charge in [0.15, 0.2) is 6.61 Å². The van der Waals surface area contributed by atoms with Crippen LogP contribution in [0.25, 0.3) is 0 Å².